The van der Waals surface area contributed by atoms with E-state index in [-0.39, 0.29) is 24.3 Å². The minimum absolute atomic E-state index is 0.000797. The van der Waals surface area contributed by atoms with Gasteiger partial charge >= 0.3 is 0 Å². The maximum Gasteiger partial charge on any atom is 0.260 e. The molecule has 8 heteroatoms. The molecule has 1 saturated heterocycles. The molecule has 0 unspecified atom stereocenters. The Hall–Kier alpha value is -2.87. The van der Waals surface area contributed by atoms with Crippen LogP contribution < -0.4 is 10.1 Å². The van der Waals surface area contributed by atoms with E-state index >= 15 is 0 Å². The number of anilines is 1. The van der Waals surface area contributed by atoms with Gasteiger partial charge in [0.25, 0.3) is 5.91 Å². The summed E-state index contributed by atoms with van der Waals surface area (Å²) >= 11 is 1.43. The first-order valence-corrected chi connectivity index (χ1v) is 12.1. The zero-order chi connectivity index (χ0) is 22.1. The molecule has 168 valence electrons. The van der Waals surface area contributed by atoms with Gasteiger partial charge in [0.05, 0.1) is 5.69 Å². The van der Waals surface area contributed by atoms with E-state index in [1.165, 1.54) is 29.7 Å². The first kappa shape index (κ1) is 21.0. The maximum absolute atomic E-state index is 12.7. The fourth-order valence-electron chi connectivity index (χ4n) is 4.58. The van der Waals surface area contributed by atoms with Gasteiger partial charge < -0.3 is 19.4 Å². The highest BCUT2D eigenvalue weighted by molar-refractivity contribution is 7.13. The van der Waals surface area contributed by atoms with Crippen LogP contribution in [0.15, 0.2) is 28.0 Å². The molecule has 2 aliphatic rings. The molecule has 0 saturated carbocycles. The first-order chi connectivity index (χ1) is 15.6. The molecule has 3 heterocycles. The van der Waals surface area contributed by atoms with E-state index in [1.807, 2.05) is 30.5 Å². The van der Waals surface area contributed by atoms with Crippen LogP contribution in [0.4, 0.5) is 5.13 Å². The predicted octanol–water partition coefficient (Wildman–Crippen LogP) is 4.33. The summed E-state index contributed by atoms with van der Waals surface area (Å²) in [5.74, 6) is 1.62. The van der Waals surface area contributed by atoms with Crippen molar-refractivity contribution < 1.29 is 18.7 Å². The molecule has 0 atom stereocenters. The van der Waals surface area contributed by atoms with E-state index in [0.717, 1.165) is 35.3 Å². The average molecular weight is 454 g/mol. The van der Waals surface area contributed by atoms with Crippen molar-refractivity contribution in [3.63, 3.8) is 0 Å². The van der Waals surface area contributed by atoms with Gasteiger partial charge in [0.15, 0.2) is 11.7 Å². The summed E-state index contributed by atoms with van der Waals surface area (Å²) in [4.78, 5) is 31.2. The Morgan fingerprint density at radius 3 is 2.84 bits per heavy atom. The van der Waals surface area contributed by atoms with Crippen molar-refractivity contribution in [2.45, 2.75) is 45.4 Å². The van der Waals surface area contributed by atoms with Crippen LogP contribution >= 0.6 is 11.3 Å². The summed E-state index contributed by atoms with van der Waals surface area (Å²) in [6.07, 6.45) is 5.69. The lowest BCUT2D eigenvalue weighted by molar-refractivity contribution is -0.136. The Labute approximate surface area is 190 Å². The Balaban J connectivity index is 1.13. The number of aryl methyl sites for hydroxylation is 3. The molecule has 2 amide bonds. The van der Waals surface area contributed by atoms with E-state index in [1.54, 1.807) is 4.90 Å². The van der Waals surface area contributed by atoms with Crippen molar-refractivity contribution in [3.05, 3.63) is 40.6 Å². The van der Waals surface area contributed by atoms with Crippen molar-refractivity contribution in [2.24, 2.45) is 5.92 Å². The number of hydrogen-bond donors (Lipinski definition) is 1. The molecule has 1 fully saturated rings. The molecule has 32 heavy (non-hydrogen) atoms. The fourth-order valence-corrected chi connectivity index (χ4v) is 5.27. The largest absolute Gasteiger partial charge is 0.484 e. The van der Waals surface area contributed by atoms with Crippen molar-refractivity contribution in [2.75, 3.05) is 25.0 Å². The zero-order valence-electron chi connectivity index (χ0n) is 18.2. The van der Waals surface area contributed by atoms with Gasteiger partial charge in [0.2, 0.25) is 5.91 Å². The number of thiazole rings is 1. The second-order valence-electron chi connectivity index (χ2n) is 8.60. The van der Waals surface area contributed by atoms with Gasteiger partial charge in [-0.05, 0) is 57.2 Å². The average Bonchev–Trinajstić information content (AvgIpc) is 3.40. The van der Waals surface area contributed by atoms with Crippen LogP contribution in [-0.2, 0) is 22.4 Å². The lowest BCUT2D eigenvalue weighted by Crippen LogP contribution is -2.43. The van der Waals surface area contributed by atoms with Gasteiger partial charge in [-0.3, -0.25) is 9.59 Å². The number of nitrogens with zero attached hydrogens (tertiary/aromatic N) is 2. The van der Waals surface area contributed by atoms with Gasteiger partial charge in [-0.1, -0.05) is 0 Å². The molecule has 0 bridgehead atoms. The lowest BCUT2D eigenvalue weighted by atomic mass is 9.96. The fraction of sp³-hybridized carbons (Fsp3) is 0.458. The Bertz CT molecular complexity index is 1140. The SMILES string of the molecule is Cc1csc(NC(=O)C2CCN(C(=O)COc3ccc4oc5c(c4c3)CCCC5)CC2)n1. The van der Waals surface area contributed by atoms with Crippen LogP contribution in [0.5, 0.6) is 5.75 Å². The summed E-state index contributed by atoms with van der Waals surface area (Å²) < 4.78 is 11.8. The smallest absolute Gasteiger partial charge is 0.260 e. The minimum atomic E-state index is -0.0983. The van der Waals surface area contributed by atoms with Crippen molar-refractivity contribution in [1.29, 1.82) is 0 Å². The Morgan fingerprint density at radius 2 is 2.06 bits per heavy atom. The van der Waals surface area contributed by atoms with Gasteiger partial charge in [-0.2, -0.15) is 0 Å². The number of ether oxygens (including phenoxy) is 1. The number of amides is 2. The van der Waals surface area contributed by atoms with E-state index in [2.05, 4.69) is 10.3 Å². The molecule has 0 radical (unpaired) electrons. The van der Waals surface area contributed by atoms with Crippen LogP contribution in [0.2, 0.25) is 0 Å². The second kappa shape index (κ2) is 8.94. The van der Waals surface area contributed by atoms with Gasteiger partial charge in [0.1, 0.15) is 17.1 Å². The van der Waals surface area contributed by atoms with Crippen LogP contribution in [0.1, 0.15) is 42.7 Å². The molecule has 0 spiro atoms. The quantitative estimate of drug-likeness (QED) is 0.621. The standard InChI is InChI=1S/C24H27N3O4S/c1-15-14-32-24(25-15)26-23(29)16-8-10-27(11-9-16)22(28)13-30-17-6-7-21-19(12-17)18-4-2-3-5-20(18)31-21/h6-7,12,14,16H,2-5,8-11,13H2,1H3,(H,25,26,29). The third kappa shape index (κ3) is 4.37. The monoisotopic (exact) mass is 453 g/mol. The van der Waals surface area contributed by atoms with Crippen LogP contribution in [0.3, 0.4) is 0 Å². The van der Waals surface area contributed by atoms with Crippen molar-refractivity contribution in [3.8, 4) is 5.75 Å². The molecule has 1 N–H and O–H groups in total. The molecule has 7 nitrogen and oxygen atoms in total. The molecule has 1 aliphatic carbocycles. The Kier molecular flexibility index (Phi) is 5.87. The number of furan rings is 1. The topological polar surface area (TPSA) is 84.7 Å². The predicted molar refractivity (Wildman–Crippen MR) is 123 cm³/mol. The number of benzene rings is 1. The first-order valence-electron chi connectivity index (χ1n) is 11.2. The maximum atomic E-state index is 12.7. The normalized spacial score (nSPS) is 16.7. The van der Waals surface area contributed by atoms with Gasteiger partial charge in [-0.25, -0.2) is 4.98 Å². The number of hydrogen-bond acceptors (Lipinski definition) is 6. The number of aromatic nitrogens is 1. The lowest BCUT2D eigenvalue weighted by Gasteiger charge is -2.31. The van der Waals surface area contributed by atoms with Gasteiger partial charge in [0, 0.05) is 41.8 Å². The molecule has 1 aromatic carbocycles. The van der Waals surface area contributed by atoms with Crippen LogP contribution in [-0.4, -0.2) is 41.4 Å². The third-order valence-corrected chi connectivity index (χ3v) is 7.23. The molecule has 3 aromatic rings. The summed E-state index contributed by atoms with van der Waals surface area (Å²) in [7, 11) is 0. The van der Waals surface area contributed by atoms with Crippen molar-refractivity contribution in [1.82, 2.24) is 9.88 Å². The van der Waals surface area contributed by atoms with Crippen LogP contribution in [0.25, 0.3) is 11.0 Å². The minimum Gasteiger partial charge on any atom is -0.484 e. The van der Waals surface area contributed by atoms with Crippen LogP contribution in [0, 0.1) is 12.8 Å². The highest BCUT2D eigenvalue weighted by Gasteiger charge is 2.28. The molecule has 5 rings (SSSR count). The highest BCUT2D eigenvalue weighted by atomic mass is 32.1. The number of likely N-dealkylation sites (tertiary alicyclic amines) is 1. The summed E-state index contributed by atoms with van der Waals surface area (Å²) in [5, 5.41) is 6.54. The highest BCUT2D eigenvalue weighted by Crippen LogP contribution is 2.34. The number of rotatable bonds is 5. The number of carbonyl (C=O) groups excluding carboxylic acids is 2. The number of nitrogens with one attached hydrogen (secondary N) is 1. The molecular formula is C24H27N3O4S. The van der Waals surface area contributed by atoms with E-state index in [0.29, 0.717) is 36.8 Å². The zero-order valence-corrected chi connectivity index (χ0v) is 19.0. The van der Waals surface area contributed by atoms with E-state index in [9.17, 15) is 9.59 Å². The van der Waals surface area contributed by atoms with Crippen molar-refractivity contribution >= 4 is 39.3 Å². The van der Waals surface area contributed by atoms with E-state index < -0.39 is 0 Å². The number of carbonyl (C=O) groups is 2. The number of fused-ring (bicyclic) bond motifs is 3. The van der Waals surface area contributed by atoms with E-state index in [4.69, 9.17) is 9.15 Å². The number of piperidine rings is 1. The van der Waals surface area contributed by atoms with Gasteiger partial charge in [-0.15, -0.1) is 11.3 Å². The molecule has 1 aliphatic heterocycles. The third-order valence-electron chi connectivity index (χ3n) is 6.36. The summed E-state index contributed by atoms with van der Waals surface area (Å²) in [6.45, 7) is 3.02. The molecule has 2 aromatic heterocycles. The summed E-state index contributed by atoms with van der Waals surface area (Å²) in [6, 6.07) is 5.79. The summed E-state index contributed by atoms with van der Waals surface area (Å²) in [5.41, 5.74) is 3.08. The second-order valence-corrected chi connectivity index (χ2v) is 9.45. The Morgan fingerprint density at radius 1 is 1.25 bits per heavy atom. The molecular weight excluding hydrogens is 426 g/mol.